The lowest BCUT2D eigenvalue weighted by molar-refractivity contribution is 0.0199. The SMILES string of the molecule is CC(C)(C)OC(=O)N1CCC(C#Cc2ccc(O)cn2)CC1. The summed E-state index contributed by atoms with van der Waals surface area (Å²) in [4.78, 5) is 17.7. The summed E-state index contributed by atoms with van der Waals surface area (Å²) in [7, 11) is 0. The van der Waals surface area contributed by atoms with E-state index in [1.54, 1.807) is 17.0 Å². The Morgan fingerprint density at radius 2 is 2.05 bits per heavy atom. The molecule has 0 aliphatic carbocycles. The van der Waals surface area contributed by atoms with Crippen molar-refractivity contribution in [3.63, 3.8) is 0 Å². The van der Waals surface area contributed by atoms with Crippen LogP contribution in [0.4, 0.5) is 4.79 Å². The summed E-state index contributed by atoms with van der Waals surface area (Å²) < 4.78 is 5.37. The molecule has 5 nitrogen and oxygen atoms in total. The Bertz CT molecular complexity index is 571. The van der Waals surface area contributed by atoms with Crippen molar-refractivity contribution in [3.05, 3.63) is 24.0 Å². The highest BCUT2D eigenvalue weighted by molar-refractivity contribution is 5.68. The van der Waals surface area contributed by atoms with E-state index in [4.69, 9.17) is 4.74 Å². The number of aromatic hydroxyl groups is 1. The normalized spacial score (nSPS) is 15.9. The highest BCUT2D eigenvalue weighted by atomic mass is 16.6. The first-order chi connectivity index (χ1) is 10.3. The third-order valence-corrected chi connectivity index (χ3v) is 3.30. The van der Waals surface area contributed by atoms with Crippen molar-refractivity contribution >= 4 is 6.09 Å². The van der Waals surface area contributed by atoms with Crippen LogP contribution in [0.2, 0.25) is 0 Å². The number of hydrogen-bond donors (Lipinski definition) is 1. The number of nitrogens with zero attached hydrogens (tertiary/aromatic N) is 2. The summed E-state index contributed by atoms with van der Waals surface area (Å²) >= 11 is 0. The first kappa shape index (κ1) is 16.2. The molecule has 5 heteroatoms. The number of ether oxygens (including phenoxy) is 1. The van der Waals surface area contributed by atoms with Gasteiger partial charge in [0.2, 0.25) is 0 Å². The summed E-state index contributed by atoms with van der Waals surface area (Å²) in [5, 5.41) is 9.18. The van der Waals surface area contributed by atoms with E-state index in [-0.39, 0.29) is 17.8 Å². The van der Waals surface area contributed by atoms with Crippen LogP contribution in [0.25, 0.3) is 0 Å². The Kier molecular flexibility index (Phi) is 4.92. The van der Waals surface area contributed by atoms with Gasteiger partial charge in [0.15, 0.2) is 0 Å². The molecule has 1 aliphatic heterocycles. The van der Waals surface area contributed by atoms with Crippen LogP contribution in [-0.4, -0.2) is 39.8 Å². The van der Waals surface area contributed by atoms with Gasteiger partial charge in [0.05, 0.1) is 6.20 Å². The molecule has 0 saturated carbocycles. The predicted molar refractivity (Wildman–Crippen MR) is 83.3 cm³/mol. The average Bonchev–Trinajstić information content (AvgIpc) is 2.45. The number of pyridine rings is 1. The molecule has 1 saturated heterocycles. The smallest absolute Gasteiger partial charge is 0.410 e. The minimum Gasteiger partial charge on any atom is -0.506 e. The van der Waals surface area contributed by atoms with E-state index in [0.717, 1.165) is 12.8 Å². The maximum Gasteiger partial charge on any atom is 0.410 e. The van der Waals surface area contributed by atoms with Crippen molar-refractivity contribution in [1.29, 1.82) is 0 Å². The predicted octanol–water partition coefficient (Wildman–Crippen LogP) is 2.79. The van der Waals surface area contributed by atoms with E-state index in [2.05, 4.69) is 16.8 Å². The zero-order chi connectivity index (χ0) is 16.2. The number of hydrogen-bond acceptors (Lipinski definition) is 4. The van der Waals surface area contributed by atoms with E-state index < -0.39 is 5.60 Å². The van der Waals surface area contributed by atoms with Gasteiger partial charge in [0.1, 0.15) is 17.0 Å². The zero-order valence-electron chi connectivity index (χ0n) is 13.3. The highest BCUT2D eigenvalue weighted by Crippen LogP contribution is 2.19. The van der Waals surface area contributed by atoms with E-state index in [9.17, 15) is 9.90 Å². The number of piperidine rings is 1. The van der Waals surface area contributed by atoms with Crippen LogP contribution in [0.15, 0.2) is 18.3 Å². The summed E-state index contributed by atoms with van der Waals surface area (Å²) in [6, 6.07) is 3.26. The molecule has 0 atom stereocenters. The molecular formula is C17H22N2O3. The topological polar surface area (TPSA) is 62.7 Å². The van der Waals surface area contributed by atoms with Crippen molar-refractivity contribution in [2.45, 2.75) is 39.2 Å². The van der Waals surface area contributed by atoms with E-state index >= 15 is 0 Å². The summed E-state index contributed by atoms with van der Waals surface area (Å²) in [6.45, 7) is 6.93. The van der Waals surface area contributed by atoms with Crippen molar-refractivity contribution in [2.24, 2.45) is 5.92 Å². The van der Waals surface area contributed by atoms with Crippen molar-refractivity contribution in [2.75, 3.05) is 13.1 Å². The highest BCUT2D eigenvalue weighted by Gasteiger charge is 2.26. The number of rotatable bonds is 0. The van der Waals surface area contributed by atoms with Gasteiger partial charge in [-0.2, -0.15) is 0 Å². The number of carbonyl (C=O) groups is 1. The second-order valence-electron chi connectivity index (χ2n) is 6.41. The molecule has 2 rings (SSSR count). The van der Waals surface area contributed by atoms with Gasteiger partial charge < -0.3 is 14.7 Å². The van der Waals surface area contributed by atoms with Crippen LogP contribution in [-0.2, 0) is 4.74 Å². The van der Waals surface area contributed by atoms with Gasteiger partial charge in [-0.25, -0.2) is 9.78 Å². The van der Waals surface area contributed by atoms with E-state index in [1.165, 1.54) is 6.20 Å². The lowest BCUT2D eigenvalue weighted by atomic mass is 9.97. The number of carbonyl (C=O) groups excluding carboxylic acids is 1. The molecule has 1 N–H and O–H groups in total. The van der Waals surface area contributed by atoms with Gasteiger partial charge in [-0.05, 0) is 51.7 Å². The summed E-state index contributed by atoms with van der Waals surface area (Å²) in [5.41, 5.74) is 0.186. The van der Waals surface area contributed by atoms with Crippen LogP contribution in [0.3, 0.4) is 0 Å². The maximum atomic E-state index is 12.0. The molecule has 1 aromatic rings. The molecule has 0 bridgehead atoms. The first-order valence-electron chi connectivity index (χ1n) is 7.48. The van der Waals surface area contributed by atoms with Crippen LogP contribution in [0, 0.1) is 17.8 Å². The van der Waals surface area contributed by atoms with Gasteiger partial charge in [-0.3, -0.25) is 0 Å². The standard InChI is InChI=1S/C17H22N2O3/c1-17(2,3)22-16(21)19-10-8-13(9-11-19)4-5-14-6-7-15(20)12-18-14/h6-7,12-13,20H,8-11H2,1-3H3. The lowest BCUT2D eigenvalue weighted by Gasteiger charge is -2.31. The largest absolute Gasteiger partial charge is 0.506 e. The summed E-state index contributed by atoms with van der Waals surface area (Å²) in [6.07, 6.45) is 2.81. The van der Waals surface area contributed by atoms with Crippen LogP contribution in [0.1, 0.15) is 39.3 Å². The quantitative estimate of drug-likeness (QED) is 0.749. The van der Waals surface area contributed by atoms with Gasteiger partial charge in [0, 0.05) is 19.0 Å². The molecule has 2 heterocycles. The molecule has 0 aromatic carbocycles. The molecule has 1 aliphatic rings. The fourth-order valence-electron chi connectivity index (χ4n) is 2.17. The molecule has 0 spiro atoms. The Morgan fingerprint density at radius 3 is 2.59 bits per heavy atom. The fraction of sp³-hybridized carbons (Fsp3) is 0.529. The number of likely N-dealkylation sites (tertiary alicyclic amines) is 1. The molecule has 0 unspecified atom stereocenters. The van der Waals surface area contributed by atoms with Gasteiger partial charge in [-0.1, -0.05) is 5.92 Å². The first-order valence-corrected chi connectivity index (χ1v) is 7.48. The van der Waals surface area contributed by atoms with Crippen LogP contribution >= 0.6 is 0 Å². The second-order valence-corrected chi connectivity index (χ2v) is 6.41. The zero-order valence-corrected chi connectivity index (χ0v) is 13.3. The Morgan fingerprint density at radius 1 is 1.36 bits per heavy atom. The maximum absolute atomic E-state index is 12.0. The van der Waals surface area contributed by atoms with Crippen molar-refractivity contribution < 1.29 is 14.6 Å². The van der Waals surface area contributed by atoms with Crippen molar-refractivity contribution in [3.8, 4) is 17.6 Å². The van der Waals surface area contributed by atoms with E-state index in [1.807, 2.05) is 20.8 Å². The van der Waals surface area contributed by atoms with Crippen LogP contribution in [0.5, 0.6) is 5.75 Å². The number of aromatic nitrogens is 1. The Labute approximate surface area is 131 Å². The monoisotopic (exact) mass is 302 g/mol. The van der Waals surface area contributed by atoms with Crippen LogP contribution < -0.4 is 0 Å². The van der Waals surface area contributed by atoms with Gasteiger partial charge in [0.25, 0.3) is 0 Å². The fourth-order valence-corrected chi connectivity index (χ4v) is 2.17. The molecule has 1 fully saturated rings. The molecule has 1 aromatic heterocycles. The van der Waals surface area contributed by atoms with Crippen molar-refractivity contribution in [1.82, 2.24) is 9.88 Å². The number of amides is 1. The minimum absolute atomic E-state index is 0.135. The molecule has 118 valence electrons. The second kappa shape index (κ2) is 6.69. The average molecular weight is 302 g/mol. The third kappa shape index (κ3) is 4.96. The van der Waals surface area contributed by atoms with Gasteiger partial charge >= 0.3 is 6.09 Å². The minimum atomic E-state index is -0.460. The summed E-state index contributed by atoms with van der Waals surface area (Å²) in [5.74, 6) is 6.60. The Balaban J connectivity index is 1.85. The molecule has 0 radical (unpaired) electrons. The molecule has 22 heavy (non-hydrogen) atoms. The Hall–Kier alpha value is -2.22. The van der Waals surface area contributed by atoms with Gasteiger partial charge in [-0.15, -0.1) is 0 Å². The third-order valence-electron chi connectivity index (χ3n) is 3.30. The molecule has 1 amide bonds. The lowest BCUT2D eigenvalue weighted by Crippen LogP contribution is -2.41. The van der Waals surface area contributed by atoms with E-state index in [0.29, 0.717) is 18.8 Å². The molecular weight excluding hydrogens is 280 g/mol.